The minimum Gasteiger partial charge on any atom is -0.497 e. The fourth-order valence-corrected chi connectivity index (χ4v) is 3.88. The van der Waals surface area contributed by atoms with E-state index in [2.05, 4.69) is 10.6 Å². The SMILES string of the molecule is COc1ccc(NC(=O)CNC(=O)c2cc(-c3cc(OC)c(OC)c(OC)c3)nc3ccccc23)cc1. The van der Waals surface area contributed by atoms with Crippen molar-refractivity contribution in [3.05, 3.63) is 72.3 Å². The van der Waals surface area contributed by atoms with Crippen molar-refractivity contribution >= 4 is 28.4 Å². The summed E-state index contributed by atoms with van der Waals surface area (Å²) in [5.74, 6) is 1.30. The molecule has 190 valence electrons. The third kappa shape index (κ3) is 5.56. The molecule has 1 heterocycles. The number of carbonyl (C=O) groups is 2. The maximum absolute atomic E-state index is 13.2. The Labute approximate surface area is 214 Å². The van der Waals surface area contributed by atoms with Crippen LogP contribution in [-0.2, 0) is 4.79 Å². The molecule has 0 saturated carbocycles. The van der Waals surface area contributed by atoms with Crippen LogP contribution >= 0.6 is 0 Å². The summed E-state index contributed by atoms with van der Waals surface area (Å²) in [7, 11) is 6.16. The molecule has 4 aromatic rings. The Morgan fingerprint density at radius 3 is 2.11 bits per heavy atom. The van der Waals surface area contributed by atoms with Crippen molar-refractivity contribution in [2.75, 3.05) is 40.3 Å². The number of ether oxygens (including phenoxy) is 4. The third-order valence-corrected chi connectivity index (χ3v) is 5.70. The van der Waals surface area contributed by atoms with Crippen LogP contribution in [0.1, 0.15) is 10.4 Å². The summed E-state index contributed by atoms with van der Waals surface area (Å²) in [6.07, 6.45) is 0. The molecule has 2 N–H and O–H groups in total. The molecule has 0 radical (unpaired) electrons. The second kappa shape index (κ2) is 11.3. The van der Waals surface area contributed by atoms with Gasteiger partial charge in [0.25, 0.3) is 5.91 Å². The number of fused-ring (bicyclic) bond motifs is 1. The predicted octanol–water partition coefficient (Wildman–Crippen LogP) is 4.30. The number of benzene rings is 3. The van der Waals surface area contributed by atoms with E-state index in [1.54, 1.807) is 49.6 Å². The van der Waals surface area contributed by atoms with Gasteiger partial charge in [0, 0.05) is 16.6 Å². The van der Waals surface area contributed by atoms with E-state index in [1.807, 2.05) is 24.3 Å². The normalized spacial score (nSPS) is 10.5. The van der Waals surface area contributed by atoms with Crippen LogP contribution in [0.2, 0.25) is 0 Å². The third-order valence-electron chi connectivity index (χ3n) is 5.70. The number of aromatic nitrogens is 1. The number of carbonyl (C=O) groups excluding carboxylic acids is 2. The average molecular weight is 502 g/mol. The first-order valence-electron chi connectivity index (χ1n) is 11.4. The fraction of sp³-hybridized carbons (Fsp3) is 0.179. The Morgan fingerprint density at radius 2 is 1.49 bits per heavy atom. The standard InChI is InChI=1S/C28H27N3O6/c1-34-19-11-9-18(10-12-19)30-26(32)16-29-28(33)21-15-23(31-22-8-6-5-7-20(21)22)17-13-24(35-2)27(37-4)25(14-17)36-3/h5-15H,16H2,1-4H3,(H,29,33)(H,30,32). The first kappa shape index (κ1) is 25.3. The lowest BCUT2D eigenvalue weighted by molar-refractivity contribution is -0.115. The smallest absolute Gasteiger partial charge is 0.252 e. The molecule has 0 aliphatic carbocycles. The van der Waals surface area contributed by atoms with E-state index in [4.69, 9.17) is 23.9 Å². The summed E-state index contributed by atoms with van der Waals surface area (Å²) in [5, 5.41) is 6.11. The molecule has 0 unspecified atom stereocenters. The first-order valence-corrected chi connectivity index (χ1v) is 11.4. The molecule has 9 heteroatoms. The fourth-order valence-electron chi connectivity index (χ4n) is 3.88. The molecule has 4 rings (SSSR count). The van der Waals surface area contributed by atoms with Gasteiger partial charge < -0.3 is 29.6 Å². The predicted molar refractivity (Wildman–Crippen MR) is 141 cm³/mol. The molecule has 0 aliphatic heterocycles. The maximum Gasteiger partial charge on any atom is 0.252 e. The van der Waals surface area contributed by atoms with Crippen molar-refractivity contribution < 1.29 is 28.5 Å². The van der Waals surface area contributed by atoms with Crippen LogP contribution in [0.25, 0.3) is 22.2 Å². The van der Waals surface area contributed by atoms with Gasteiger partial charge in [-0.15, -0.1) is 0 Å². The van der Waals surface area contributed by atoms with Gasteiger partial charge in [-0.1, -0.05) is 18.2 Å². The van der Waals surface area contributed by atoms with Crippen LogP contribution in [0, 0.1) is 0 Å². The van der Waals surface area contributed by atoms with Gasteiger partial charge in [0.05, 0.1) is 51.8 Å². The largest absolute Gasteiger partial charge is 0.497 e. The van der Waals surface area contributed by atoms with Crippen LogP contribution in [-0.4, -0.2) is 51.8 Å². The van der Waals surface area contributed by atoms with Gasteiger partial charge in [-0.3, -0.25) is 9.59 Å². The van der Waals surface area contributed by atoms with Crippen molar-refractivity contribution in [3.8, 4) is 34.3 Å². The number of rotatable bonds is 9. The van der Waals surface area contributed by atoms with Crippen molar-refractivity contribution in [3.63, 3.8) is 0 Å². The van der Waals surface area contributed by atoms with Crippen molar-refractivity contribution in [2.24, 2.45) is 0 Å². The Balaban J connectivity index is 1.61. The number of nitrogens with one attached hydrogen (secondary N) is 2. The molecular weight excluding hydrogens is 474 g/mol. The highest BCUT2D eigenvalue weighted by atomic mass is 16.5. The molecule has 0 fully saturated rings. The van der Waals surface area contributed by atoms with E-state index in [1.165, 1.54) is 21.3 Å². The molecule has 37 heavy (non-hydrogen) atoms. The van der Waals surface area contributed by atoms with Gasteiger partial charge >= 0.3 is 0 Å². The van der Waals surface area contributed by atoms with E-state index < -0.39 is 5.91 Å². The summed E-state index contributed by atoms with van der Waals surface area (Å²) in [6, 6.07) is 19.4. The number of nitrogens with zero attached hydrogens (tertiary/aromatic N) is 1. The zero-order valence-electron chi connectivity index (χ0n) is 21.0. The average Bonchev–Trinajstić information content (AvgIpc) is 2.94. The Morgan fingerprint density at radius 1 is 0.811 bits per heavy atom. The van der Waals surface area contributed by atoms with E-state index in [0.29, 0.717) is 56.4 Å². The van der Waals surface area contributed by atoms with Gasteiger partial charge in [0.2, 0.25) is 11.7 Å². The van der Waals surface area contributed by atoms with E-state index in [-0.39, 0.29) is 12.5 Å². The number of hydrogen-bond donors (Lipinski definition) is 2. The van der Waals surface area contributed by atoms with Gasteiger partial charge in [0.15, 0.2) is 11.5 Å². The lowest BCUT2D eigenvalue weighted by Gasteiger charge is -2.15. The Kier molecular flexibility index (Phi) is 7.73. The minimum absolute atomic E-state index is 0.207. The van der Waals surface area contributed by atoms with Crippen molar-refractivity contribution in [1.82, 2.24) is 10.3 Å². The number of amides is 2. The molecule has 0 spiro atoms. The lowest BCUT2D eigenvalue weighted by Crippen LogP contribution is -2.33. The minimum atomic E-state index is -0.405. The molecule has 0 saturated heterocycles. The molecule has 0 aliphatic rings. The zero-order valence-corrected chi connectivity index (χ0v) is 21.0. The van der Waals surface area contributed by atoms with Gasteiger partial charge in [-0.25, -0.2) is 4.98 Å². The summed E-state index contributed by atoms with van der Waals surface area (Å²) in [5.41, 5.74) is 2.81. The second-order valence-electron chi connectivity index (χ2n) is 7.95. The number of para-hydroxylation sites is 1. The van der Waals surface area contributed by atoms with Crippen LogP contribution in [0.4, 0.5) is 5.69 Å². The van der Waals surface area contributed by atoms with Gasteiger partial charge in [0.1, 0.15) is 5.75 Å². The van der Waals surface area contributed by atoms with E-state index >= 15 is 0 Å². The molecule has 1 aromatic heterocycles. The summed E-state index contributed by atoms with van der Waals surface area (Å²) < 4.78 is 21.5. The van der Waals surface area contributed by atoms with Crippen molar-refractivity contribution in [2.45, 2.75) is 0 Å². The number of methoxy groups -OCH3 is 4. The highest BCUT2D eigenvalue weighted by Gasteiger charge is 2.18. The molecule has 9 nitrogen and oxygen atoms in total. The van der Waals surface area contributed by atoms with Gasteiger partial charge in [-0.2, -0.15) is 0 Å². The van der Waals surface area contributed by atoms with Crippen LogP contribution in [0.3, 0.4) is 0 Å². The quantitative estimate of drug-likeness (QED) is 0.352. The lowest BCUT2D eigenvalue weighted by atomic mass is 10.0. The van der Waals surface area contributed by atoms with Crippen LogP contribution in [0.15, 0.2) is 66.7 Å². The van der Waals surface area contributed by atoms with Crippen LogP contribution in [0.5, 0.6) is 23.0 Å². The molecule has 3 aromatic carbocycles. The second-order valence-corrected chi connectivity index (χ2v) is 7.95. The Bertz CT molecular complexity index is 1410. The monoisotopic (exact) mass is 501 g/mol. The molecular formula is C28H27N3O6. The highest BCUT2D eigenvalue weighted by Crippen LogP contribution is 2.41. The summed E-state index contributed by atoms with van der Waals surface area (Å²) >= 11 is 0. The number of pyridine rings is 1. The molecule has 0 bridgehead atoms. The number of anilines is 1. The first-order chi connectivity index (χ1) is 18.0. The van der Waals surface area contributed by atoms with Crippen molar-refractivity contribution in [1.29, 1.82) is 0 Å². The molecule has 2 amide bonds. The van der Waals surface area contributed by atoms with Gasteiger partial charge in [-0.05, 0) is 48.5 Å². The maximum atomic E-state index is 13.2. The van der Waals surface area contributed by atoms with E-state index in [9.17, 15) is 9.59 Å². The topological polar surface area (TPSA) is 108 Å². The molecule has 0 atom stereocenters. The number of hydrogen-bond acceptors (Lipinski definition) is 7. The highest BCUT2D eigenvalue weighted by molar-refractivity contribution is 6.08. The summed E-state index contributed by atoms with van der Waals surface area (Å²) in [6.45, 7) is -0.207. The zero-order chi connectivity index (χ0) is 26.4. The van der Waals surface area contributed by atoms with Crippen LogP contribution < -0.4 is 29.6 Å². The Hall–Kier alpha value is -4.79. The summed E-state index contributed by atoms with van der Waals surface area (Å²) in [4.78, 5) is 30.4. The van der Waals surface area contributed by atoms with E-state index in [0.717, 1.165) is 0 Å².